The number of aliphatic imine (C=N–C) groups is 1. The van der Waals surface area contributed by atoms with Crippen molar-refractivity contribution >= 4 is 23.2 Å². The van der Waals surface area contributed by atoms with E-state index in [-0.39, 0.29) is 0 Å². The van der Waals surface area contributed by atoms with E-state index in [1.165, 1.54) is 11.1 Å². The van der Waals surface area contributed by atoms with Crippen LogP contribution in [0.1, 0.15) is 16.7 Å². The third kappa shape index (κ3) is 4.00. The van der Waals surface area contributed by atoms with Crippen LogP contribution in [0.15, 0.2) is 47.5 Å². The molecule has 3 N–H and O–H groups in total. The van der Waals surface area contributed by atoms with Crippen molar-refractivity contribution in [2.45, 2.75) is 20.4 Å². The second-order valence-corrected chi connectivity index (χ2v) is 5.19. The first-order valence-electron chi connectivity index (χ1n) is 6.43. The fourth-order valence-electron chi connectivity index (χ4n) is 1.82. The number of nitrogens with one attached hydrogen (secondary N) is 1. The van der Waals surface area contributed by atoms with Crippen molar-refractivity contribution in [1.29, 1.82) is 0 Å². The Kier molecular flexibility index (Phi) is 4.64. The van der Waals surface area contributed by atoms with E-state index in [0.29, 0.717) is 17.5 Å². The van der Waals surface area contributed by atoms with Crippen LogP contribution in [0.4, 0.5) is 5.69 Å². The molecule has 20 heavy (non-hydrogen) atoms. The number of halogens is 1. The van der Waals surface area contributed by atoms with Gasteiger partial charge in [0.2, 0.25) is 0 Å². The van der Waals surface area contributed by atoms with Gasteiger partial charge in [-0.2, -0.15) is 0 Å². The first kappa shape index (κ1) is 14.4. The number of hydrogen-bond acceptors (Lipinski definition) is 1. The van der Waals surface area contributed by atoms with Gasteiger partial charge in [-0.05, 0) is 54.8 Å². The average Bonchev–Trinajstić information content (AvgIpc) is 2.41. The highest BCUT2D eigenvalue weighted by Crippen LogP contribution is 2.14. The maximum atomic E-state index is 5.93. The predicted molar refractivity (Wildman–Crippen MR) is 86.3 cm³/mol. The van der Waals surface area contributed by atoms with Crippen LogP contribution in [-0.2, 0) is 6.54 Å². The van der Waals surface area contributed by atoms with Gasteiger partial charge < -0.3 is 11.1 Å². The van der Waals surface area contributed by atoms with Gasteiger partial charge in [0.05, 0.1) is 6.54 Å². The summed E-state index contributed by atoms with van der Waals surface area (Å²) in [5.74, 6) is 0.397. The Morgan fingerprint density at radius 3 is 2.65 bits per heavy atom. The molecule has 0 spiro atoms. The zero-order chi connectivity index (χ0) is 14.5. The lowest BCUT2D eigenvalue weighted by Gasteiger charge is -2.08. The third-order valence-corrected chi connectivity index (χ3v) is 3.34. The minimum Gasteiger partial charge on any atom is -0.370 e. The highest BCUT2D eigenvalue weighted by atomic mass is 35.5. The van der Waals surface area contributed by atoms with E-state index >= 15 is 0 Å². The normalized spacial score (nSPS) is 11.4. The molecular weight excluding hydrogens is 270 g/mol. The summed E-state index contributed by atoms with van der Waals surface area (Å²) in [6.45, 7) is 4.65. The summed E-state index contributed by atoms with van der Waals surface area (Å²) in [5.41, 5.74) is 10.3. The lowest BCUT2D eigenvalue weighted by atomic mass is 10.1. The van der Waals surface area contributed by atoms with Crippen molar-refractivity contribution in [3.63, 3.8) is 0 Å². The van der Waals surface area contributed by atoms with Crippen molar-refractivity contribution in [3.8, 4) is 0 Å². The fraction of sp³-hybridized carbons (Fsp3) is 0.188. The summed E-state index contributed by atoms with van der Waals surface area (Å²) in [4.78, 5) is 4.31. The summed E-state index contributed by atoms with van der Waals surface area (Å²) in [5, 5.41) is 3.80. The summed E-state index contributed by atoms with van der Waals surface area (Å²) < 4.78 is 0. The van der Waals surface area contributed by atoms with E-state index in [9.17, 15) is 0 Å². The number of guanidine groups is 1. The Balaban J connectivity index is 2.02. The van der Waals surface area contributed by atoms with Gasteiger partial charge in [0.15, 0.2) is 5.96 Å². The molecule has 0 aliphatic rings. The number of anilines is 1. The van der Waals surface area contributed by atoms with Crippen molar-refractivity contribution in [3.05, 3.63) is 64.2 Å². The van der Waals surface area contributed by atoms with Crippen LogP contribution >= 0.6 is 11.6 Å². The number of nitrogens with zero attached hydrogens (tertiary/aromatic N) is 1. The maximum Gasteiger partial charge on any atom is 0.193 e. The molecule has 3 nitrogen and oxygen atoms in total. The summed E-state index contributed by atoms with van der Waals surface area (Å²) >= 11 is 5.93. The molecule has 0 heterocycles. The minimum atomic E-state index is 0.397. The lowest BCUT2D eigenvalue weighted by molar-refractivity contribution is 1.06. The Morgan fingerprint density at radius 2 is 1.95 bits per heavy atom. The highest BCUT2D eigenvalue weighted by molar-refractivity contribution is 6.30. The number of benzene rings is 2. The van der Waals surface area contributed by atoms with Gasteiger partial charge in [0.25, 0.3) is 0 Å². The molecule has 2 rings (SSSR count). The van der Waals surface area contributed by atoms with Gasteiger partial charge in [-0.15, -0.1) is 0 Å². The summed E-state index contributed by atoms with van der Waals surface area (Å²) in [6.07, 6.45) is 0. The number of hydrogen-bond donors (Lipinski definition) is 2. The zero-order valence-corrected chi connectivity index (χ0v) is 12.4. The number of nitrogens with two attached hydrogens (primary N) is 1. The molecule has 0 radical (unpaired) electrons. The van der Waals surface area contributed by atoms with Crippen LogP contribution in [0, 0.1) is 13.8 Å². The third-order valence-electron chi connectivity index (χ3n) is 3.10. The van der Waals surface area contributed by atoms with Gasteiger partial charge >= 0.3 is 0 Å². The molecule has 2 aromatic rings. The number of aryl methyl sites for hydroxylation is 2. The highest BCUT2D eigenvalue weighted by Gasteiger charge is 1.98. The van der Waals surface area contributed by atoms with E-state index in [0.717, 1.165) is 11.3 Å². The first-order chi connectivity index (χ1) is 9.54. The van der Waals surface area contributed by atoms with Crippen molar-refractivity contribution < 1.29 is 0 Å². The lowest BCUT2D eigenvalue weighted by Crippen LogP contribution is -2.22. The standard InChI is InChI=1S/C16H18ClN3/c1-11-6-7-15(8-12(11)2)20-16(18)19-10-13-4-3-5-14(17)9-13/h3-9H,10H2,1-2H3,(H3,18,19,20). The molecule has 0 atom stereocenters. The monoisotopic (exact) mass is 287 g/mol. The number of rotatable bonds is 3. The second kappa shape index (κ2) is 6.44. The first-order valence-corrected chi connectivity index (χ1v) is 6.81. The second-order valence-electron chi connectivity index (χ2n) is 4.76. The summed E-state index contributed by atoms with van der Waals surface area (Å²) in [7, 11) is 0. The average molecular weight is 288 g/mol. The van der Waals surface area contributed by atoms with Gasteiger partial charge in [0, 0.05) is 10.7 Å². The quantitative estimate of drug-likeness (QED) is 0.665. The molecule has 2 aromatic carbocycles. The molecule has 104 valence electrons. The summed E-state index contributed by atoms with van der Waals surface area (Å²) in [6, 6.07) is 13.7. The smallest absolute Gasteiger partial charge is 0.193 e. The van der Waals surface area contributed by atoms with E-state index in [4.69, 9.17) is 17.3 Å². The zero-order valence-electron chi connectivity index (χ0n) is 11.7. The van der Waals surface area contributed by atoms with Gasteiger partial charge in [-0.1, -0.05) is 29.8 Å². The van der Waals surface area contributed by atoms with Crippen LogP contribution < -0.4 is 11.1 Å². The van der Waals surface area contributed by atoms with E-state index in [2.05, 4.69) is 36.3 Å². The van der Waals surface area contributed by atoms with Crippen LogP contribution in [-0.4, -0.2) is 5.96 Å². The Hall–Kier alpha value is -2.00. The molecule has 4 heteroatoms. The molecule has 0 unspecified atom stereocenters. The Labute approximate surface area is 124 Å². The molecule has 0 saturated carbocycles. The van der Waals surface area contributed by atoms with Crippen molar-refractivity contribution in [2.24, 2.45) is 10.7 Å². The van der Waals surface area contributed by atoms with Crippen molar-refractivity contribution in [1.82, 2.24) is 0 Å². The minimum absolute atomic E-state index is 0.397. The van der Waals surface area contributed by atoms with Crippen LogP contribution in [0.3, 0.4) is 0 Å². The molecule has 0 fully saturated rings. The molecule has 0 aliphatic carbocycles. The molecule has 0 aliphatic heterocycles. The Bertz CT molecular complexity index is 635. The largest absolute Gasteiger partial charge is 0.370 e. The fourth-order valence-corrected chi connectivity index (χ4v) is 2.03. The maximum absolute atomic E-state index is 5.93. The molecular formula is C16H18ClN3. The van der Waals surface area contributed by atoms with Crippen LogP contribution in [0.2, 0.25) is 5.02 Å². The SMILES string of the molecule is Cc1ccc(NC(N)=NCc2cccc(Cl)c2)cc1C. The van der Waals surface area contributed by atoms with Gasteiger partial charge in [0.1, 0.15) is 0 Å². The van der Waals surface area contributed by atoms with Crippen molar-refractivity contribution in [2.75, 3.05) is 5.32 Å². The van der Waals surface area contributed by atoms with E-state index < -0.39 is 0 Å². The molecule has 0 amide bonds. The van der Waals surface area contributed by atoms with Crippen LogP contribution in [0.25, 0.3) is 0 Å². The molecule has 0 saturated heterocycles. The molecule has 0 bridgehead atoms. The van der Waals surface area contributed by atoms with Crippen LogP contribution in [0.5, 0.6) is 0 Å². The topological polar surface area (TPSA) is 50.4 Å². The van der Waals surface area contributed by atoms with Gasteiger partial charge in [-0.3, -0.25) is 0 Å². The van der Waals surface area contributed by atoms with E-state index in [1.54, 1.807) is 0 Å². The predicted octanol–water partition coefficient (Wildman–Crippen LogP) is 3.88. The molecule has 0 aromatic heterocycles. The van der Waals surface area contributed by atoms with Gasteiger partial charge in [-0.25, -0.2) is 4.99 Å². The Morgan fingerprint density at radius 1 is 1.15 bits per heavy atom. The van der Waals surface area contributed by atoms with E-state index in [1.807, 2.05) is 30.3 Å².